The molecule has 0 saturated heterocycles. The molecule has 0 aliphatic rings. The monoisotopic (exact) mass is 470 g/mol. The number of aromatic nitrogens is 2. The van der Waals surface area contributed by atoms with Crippen LogP contribution >= 0.6 is 23.2 Å². The summed E-state index contributed by atoms with van der Waals surface area (Å²) in [7, 11) is 0. The molecule has 0 spiro atoms. The predicted octanol–water partition coefficient (Wildman–Crippen LogP) is 3.69. The lowest BCUT2D eigenvalue weighted by atomic mass is 10.1. The number of rotatable bonds is 7. The van der Waals surface area contributed by atoms with Gasteiger partial charge in [0.25, 0.3) is 11.6 Å². The van der Waals surface area contributed by atoms with Crippen molar-refractivity contribution in [3.05, 3.63) is 50.4 Å². The molecule has 13 heteroatoms. The maximum Gasteiger partial charge on any atom is 0.407 e. The molecule has 0 unspecified atom stereocenters. The minimum atomic E-state index is -0.687. The third kappa shape index (κ3) is 7.54. The van der Waals surface area contributed by atoms with Gasteiger partial charge < -0.3 is 20.7 Å². The maximum absolute atomic E-state index is 12.4. The molecule has 0 radical (unpaired) electrons. The van der Waals surface area contributed by atoms with Crippen LogP contribution in [-0.4, -0.2) is 45.6 Å². The topological polar surface area (TPSA) is 148 Å². The second-order valence-corrected chi connectivity index (χ2v) is 7.88. The normalized spacial score (nSPS) is 10.9. The molecule has 0 aliphatic heterocycles. The van der Waals surface area contributed by atoms with Gasteiger partial charge in [-0.3, -0.25) is 14.9 Å². The molecule has 0 aliphatic carbocycles. The van der Waals surface area contributed by atoms with E-state index in [1.807, 2.05) is 0 Å². The molecule has 11 nitrogen and oxygen atoms in total. The van der Waals surface area contributed by atoms with E-state index < -0.39 is 28.2 Å². The van der Waals surface area contributed by atoms with E-state index in [1.165, 1.54) is 24.4 Å². The number of nitro groups is 1. The van der Waals surface area contributed by atoms with Crippen LogP contribution in [0.25, 0.3) is 0 Å². The average molecular weight is 471 g/mol. The zero-order valence-electron chi connectivity index (χ0n) is 16.9. The number of anilines is 2. The van der Waals surface area contributed by atoms with E-state index in [0.717, 1.165) is 0 Å². The third-order valence-electron chi connectivity index (χ3n) is 3.50. The fourth-order valence-corrected chi connectivity index (χ4v) is 2.54. The van der Waals surface area contributed by atoms with Crippen LogP contribution in [0.2, 0.25) is 10.3 Å². The Morgan fingerprint density at radius 1 is 1.19 bits per heavy atom. The fourth-order valence-electron chi connectivity index (χ4n) is 2.27. The number of amides is 2. The standard InChI is InChI=1S/C18H20Cl2N6O5/c1-18(2,3)31-17(28)22-7-6-21-15(27)11-5-4-10(8-13(11)26(29)30)24-14-12(19)9-23-16(20)25-14/h4-5,8-9H,6-7H2,1-3H3,(H,21,27)(H,22,28)(H,23,24,25). The highest BCUT2D eigenvalue weighted by Crippen LogP contribution is 2.28. The number of nitrogens with zero attached hydrogens (tertiary/aromatic N) is 3. The number of alkyl carbamates (subject to hydrolysis) is 1. The van der Waals surface area contributed by atoms with Crippen molar-refractivity contribution in [1.29, 1.82) is 0 Å². The third-order valence-corrected chi connectivity index (χ3v) is 3.95. The summed E-state index contributed by atoms with van der Waals surface area (Å²) >= 11 is 11.7. The molecule has 1 heterocycles. The van der Waals surface area contributed by atoms with E-state index in [9.17, 15) is 19.7 Å². The highest BCUT2D eigenvalue weighted by Gasteiger charge is 2.21. The smallest absolute Gasteiger partial charge is 0.407 e. The second-order valence-electron chi connectivity index (χ2n) is 7.13. The summed E-state index contributed by atoms with van der Waals surface area (Å²) in [5, 5.41) is 19.3. The first kappa shape index (κ1) is 24.1. The Hall–Kier alpha value is -3.18. The van der Waals surface area contributed by atoms with Crippen LogP contribution in [-0.2, 0) is 4.74 Å². The van der Waals surface area contributed by atoms with Gasteiger partial charge in [-0.15, -0.1) is 0 Å². The van der Waals surface area contributed by atoms with Crippen LogP contribution in [0.1, 0.15) is 31.1 Å². The summed E-state index contributed by atoms with van der Waals surface area (Å²) < 4.78 is 5.07. The van der Waals surface area contributed by atoms with Crippen molar-refractivity contribution in [3.8, 4) is 0 Å². The first-order chi connectivity index (χ1) is 14.5. The molecule has 1 aromatic carbocycles. The van der Waals surface area contributed by atoms with Gasteiger partial charge in [-0.2, -0.15) is 4.98 Å². The Kier molecular flexibility index (Phi) is 7.95. The van der Waals surface area contributed by atoms with Crippen molar-refractivity contribution in [2.45, 2.75) is 26.4 Å². The molecule has 1 aromatic heterocycles. The van der Waals surface area contributed by atoms with E-state index in [-0.39, 0.29) is 40.5 Å². The van der Waals surface area contributed by atoms with Crippen molar-refractivity contribution in [1.82, 2.24) is 20.6 Å². The van der Waals surface area contributed by atoms with Gasteiger partial charge in [-0.05, 0) is 44.5 Å². The van der Waals surface area contributed by atoms with Crippen LogP contribution in [0.15, 0.2) is 24.4 Å². The molecular weight excluding hydrogens is 451 g/mol. The van der Waals surface area contributed by atoms with Crippen molar-refractivity contribution in [2.75, 3.05) is 18.4 Å². The van der Waals surface area contributed by atoms with E-state index in [2.05, 4.69) is 25.9 Å². The first-order valence-electron chi connectivity index (χ1n) is 8.95. The van der Waals surface area contributed by atoms with Crippen LogP contribution < -0.4 is 16.0 Å². The number of nitro benzene ring substituents is 1. The van der Waals surface area contributed by atoms with Gasteiger partial charge in [0.1, 0.15) is 16.2 Å². The molecule has 0 saturated carbocycles. The lowest BCUT2D eigenvalue weighted by Gasteiger charge is -2.19. The number of carbonyl (C=O) groups excluding carboxylic acids is 2. The summed E-state index contributed by atoms with van der Waals surface area (Å²) in [4.78, 5) is 42.3. The number of ether oxygens (including phenoxy) is 1. The molecule has 0 fully saturated rings. The van der Waals surface area contributed by atoms with Gasteiger partial charge in [0.2, 0.25) is 5.28 Å². The van der Waals surface area contributed by atoms with Gasteiger partial charge in [0, 0.05) is 24.8 Å². The summed E-state index contributed by atoms with van der Waals surface area (Å²) in [5.41, 5.74) is -0.963. The van der Waals surface area contributed by atoms with Crippen LogP contribution in [0.5, 0.6) is 0 Å². The van der Waals surface area contributed by atoms with E-state index in [1.54, 1.807) is 20.8 Å². The molecule has 31 heavy (non-hydrogen) atoms. The number of benzene rings is 1. The lowest BCUT2D eigenvalue weighted by Crippen LogP contribution is -2.38. The van der Waals surface area contributed by atoms with Crippen LogP contribution in [0.4, 0.5) is 22.0 Å². The van der Waals surface area contributed by atoms with Gasteiger partial charge in [0.05, 0.1) is 11.1 Å². The number of halogens is 2. The Morgan fingerprint density at radius 2 is 1.87 bits per heavy atom. The SMILES string of the molecule is CC(C)(C)OC(=O)NCCNC(=O)c1ccc(Nc2nc(Cl)ncc2Cl)cc1[N+](=O)[O-]. The highest BCUT2D eigenvalue weighted by molar-refractivity contribution is 6.33. The van der Waals surface area contributed by atoms with Crippen molar-refractivity contribution in [3.63, 3.8) is 0 Å². The van der Waals surface area contributed by atoms with E-state index in [0.29, 0.717) is 0 Å². The quantitative estimate of drug-likeness (QED) is 0.240. The molecular formula is C18H20Cl2N6O5. The van der Waals surface area contributed by atoms with E-state index in [4.69, 9.17) is 27.9 Å². The molecule has 166 valence electrons. The zero-order valence-corrected chi connectivity index (χ0v) is 18.4. The maximum atomic E-state index is 12.4. The van der Waals surface area contributed by atoms with Crippen molar-refractivity contribution >= 4 is 52.4 Å². The predicted molar refractivity (Wildman–Crippen MR) is 115 cm³/mol. The first-order valence-corrected chi connectivity index (χ1v) is 9.70. The number of hydrogen-bond acceptors (Lipinski definition) is 8. The van der Waals surface area contributed by atoms with Crippen molar-refractivity contribution < 1.29 is 19.2 Å². The zero-order chi connectivity index (χ0) is 23.2. The van der Waals surface area contributed by atoms with Crippen LogP contribution in [0.3, 0.4) is 0 Å². The lowest BCUT2D eigenvalue weighted by molar-refractivity contribution is -0.385. The summed E-state index contributed by atoms with van der Waals surface area (Å²) in [6.07, 6.45) is 0.646. The summed E-state index contributed by atoms with van der Waals surface area (Å²) in [5.74, 6) is -0.520. The van der Waals surface area contributed by atoms with Crippen LogP contribution in [0, 0.1) is 10.1 Å². The largest absolute Gasteiger partial charge is 0.444 e. The summed E-state index contributed by atoms with van der Waals surface area (Å²) in [6, 6.07) is 3.90. The van der Waals surface area contributed by atoms with Gasteiger partial charge in [-0.1, -0.05) is 11.6 Å². The van der Waals surface area contributed by atoms with Crippen molar-refractivity contribution in [2.24, 2.45) is 0 Å². The average Bonchev–Trinajstić information content (AvgIpc) is 2.66. The molecule has 3 N–H and O–H groups in total. The Labute approximate surface area is 187 Å². The second kappa shape index (κ2) is 10.2. The Morgan fingerprint density at radius 3 is 2.52 bits per heavy atom. The molecule has 0 bridgehead atoms. The molecule has 2 amide bonds. The molecule has 2 rings (SSSR count). The minimum Gasteiger partial charge on any atom is -0.444 e. The molecule has 2 aromatic rings. The number of hydrogen-bond donors (Lipinski definition) is 3. The Bertz CT molecular complexity index is 996. The number of carbonyl (C=O) groups is 2. The van der Waals surface area contributed by atoms with Gasteiger partial charge in [0.15, 0.2) is 5.82 Å². The van der Waals surface area contributed by atoms with Gasteiger partial charge in [-0.25, -0.2) is 9.78 Å². The highest BCUT2D eigenvalue weighted by atomic mass is 35.5. The van der Waals surface area contributed by atoms with Gasteiger partial charge >= 0.3 is 6.09 Å². The van der Waals surface area contributed by atoms with E-state index >= 15 is 0 Å². The Balaban J connectivity index is 2.04. The fraction of sp³-hybridized carbons (Fsp3) is 0.333. The number of nitrogens with one attached hydrogen (secondary N) is 3. The minimum absolute atomic E-state index is 0.0459. The summed E-state index contributed by atoms with van der Waals surface area (Å²) in [6.45, 7) is 5.29. The molecule has 0 atom stereocenters.